The summed E-state index contributed by atoms with van der Waals surface area (Å²) in [6, 6.07) is 10.3. The molecular weight excluding hydrogens is 286 g/mol. The Balaban J connectivity index is 1.33. The number of carbonyl (C=O) groups is 1. The van der Waals surface area contributed by atoms with Crippen LogP contribution in [-0.4, -0.2) is 42.6 Å². The van der Waals surface area contributed by atoms with E-state index < -0.39 is 0 Å². The Bertz CT molecular complexity index is 640. The van der Waals surface area contributed by atoms with E-state index in [2.05, 4.69) is 41.5 Å². The fourth-order valence-electron chi connectivity index (χ4n) is 5.17. The van der Waals surface area contributed by atoms with Crippen LogP contribution in [0.1, 0.15) is 44.1 Å². The van der Waals surface area contributed by atoms with E-state index in [0.717, 1.165) is 25.1 Å². The largest absolute Gasteiger partial charge is 0.335 e. The first-order valence-corrected chi connectivity index (χ1v) is 9.06. The summed E-state index contributed by atoms with van der Waals surface area (Å²) in [5.41, 5.74) is 2.80. The van der Waals surface area contributed by atoms with Gasteiger partial charge in [0, 0.05) is 35.8 Å². The van der Waals surface area contributed by atoms with Crippen LogP contribution in [0, 0.1) is 0 Å². The summed E-state index contributed by atoms with van der Waals surface area (Å²) in [5.74, 6) is 0. The van der Waals surface area contributed by atoms with Crippen molar-refractivity contribution in [1.82, 2.24) is 10.2 Å². The first kappa shape index (κ1) is 13.8. The number of nitrogens with one attached hydrogen (secondary N) is 1. The van der Waals surface area contributed by atoms with Crippen molar-refractivity contribution < 1.29 is 4.79 Å². The third-order valence-electron chi connectivity index (χ3n) is 6.75. The lowest BCUT2D eigenvalue weighted by molar-refractivity contribution is 0.150. The molecule has 5 rings (SSSR count). The molecule has 2 bridgehead atoms. The molecule has 2 saturated heterocycles. The maximum Gasteiger partial charge on any atom is 0.322 e. The van der Waals surface area contributed by atoms with Gasteiger partial charge >= 0.3 is 6.03 Å². The highest BCUT2D eigenvalue weighted by Gasteiger charge is 2.53. The monoisotopic (exact) mass is 311 g/mol. The molecule has 1 spiro atoms. The Morgan fingerprint density at radius 3 is 2.57 bits per heavy atom. The van der Waals surface area contributed by atoms with E-state index in [-0.39, 0.29) is 11.4 Å². The minimum atomic E-state index is 0.121. The number of para-hydroxylation sites is 1. The molecular formula is C19H25N3O. The Morgan fingerprint density at radius 2 is 1.87 bits per heavy atom. The second kappa shape index (κ2) is 4.73. The molecule has 122 valence electrons. The lowest BCUT2D eigenvalue weighted by atomic mass is 9.98. The second-order valence-corrected chi connectivity index (χ2v) is 8.05. The Labute approximate surface area is 137 Å². The first-order valence-electron chi connectivity index (χ1n) is 9.06. The summed E-state index contributed by atoms with van der Waals surface area (Å²) in [7, 11) is 2.24. The van der Waals surface area contributed by atoms with Gasteiger partial charge in [-0.05, 0) is 57.2 Å². The van der Waals surface area contributed by atoms with Crippen molar-refractivity contribution in [2.45, 2.75) is 62.1 Å². The van der Waals surface area contributed by atoms with Gasteiger partial charge in [0.15, 0.2) is 0 Å². The molecule has 1 aromatic carbocycles. The molecule has 1 aromatic rings. The van der Waals surface area contributed by atoms with Crippen molar-refractivity contribution in [3.05, 3.63) is 29.8 Å². The van der Waals surface area contributed by atoms with Gasteiger partial charge in [0.1, 0.15) is 0 Å². The van der Waals surface area contributed by atoms with Crippen LogP contribution in [-0.2, 0) is 5.41 Å². The summed E-state index contributed by atoms with van der Waals surface area (Å²) in [6.07, 6.45) is 7.27. The van der Waals surface area contributed by atoms with Crippen molar-refractivity contribution >= 4 is 11.7 Å². The number of rotatable bonds is 1. The standard InChI is InChI=1S/C19H25N3O/c1-21-14-6-7-15(21)11-13(10-14)20-18(23)22-12-19(8-9-19)16-4-2-3-5-17(16)22/h2-5,13-15H,6-12H2,1H3,(H,20,23)/t13?,14-,15+. The van der Waals surface area contributed by atoms with Crippen LogP contribution in [0.25, 0.3) is 0 Å². The normalized spacial score (nSPS) is 33.8. The molecule has 3 atom stereocenters. The van der Waals surface area contributed by atoms with E-state index in [1.54, 1.807) is 0 Å². The molecule has 3 aliphatic heterocycles. The van der Waals surface area contributed by atoms with Gasteiger partial charge in [0.2, 0.25) is 0 Å². The van der Waals surface area contributed by atoms with Gasteiger partial charge in [-0.25, -0.2) is 4.79 Å². The lowest BCUT2D eigenvalue weighted by Crippen LogP contribution is -2.52. The molecule has 2 amide bonds. The quantitative estimate of drug-likeness (QED) is 0.865. The zero-order valence-electron chi connectivity index (χ0n) is 13.8. The number of piperidine rings is 1. The molecule has 23 heavy (non-hydrogen) atoms. The summed E-state index contributed by atoms with van der Waals surface area (Å²) < 4.78 is 0. The highest BCUT2D eigenvalue weighted by atomic mass is 16.2. The fourth-order valence-corrected chi connectivity index (χ4v) is 5.17. The Kier molecular flexibility index (Phi) is 2.85. The maximum atomic E-state index is 12.9. The predicted octanol–water partition coefficient (Wildman–Crippen LogP) is 2.87. The maximum absolute atomic E-state index is 12.9. The fraction of sp³-hybridized carbons (Fsp3) is 0.632. The second-order valence-electron chi connectivity index (χ2n) is 8.05. The van der Waals surface area contributed by atoms with Gasteiger partial charge in [-0.2, -0.15) is 0 Å². The van der Waals surface area contributed by atoms with Crippen molar-refractivity contribution in [2.75, 3.05) is 18.5 Å². The van der Waals surface area contributed by atoms with Gasteiger partial charge in [0.05, 0.1) is 0 Å². The summed E-state index contributed by atoms with van der Waals surface area (Å²) >= 11 is 0. The summed E-state index contributed by atoms with van der Waals surface area (Å²) in [6.45, 7) is 0.873. The average molecular weight is 311 g/mol. The van der Waals surface area contributed by atoms with E-state index in [1.165, 1.54) is 31.2 Å². The number of benzene rings is 1. The number of amides is 2. The van der Waals surface area contributed by atoms with Crippen LogP contribution in [0.5, 0.6) is 0 Å². The van der Waals surface area contributed by atoms with E-state index in [1.807, 2.05) is 4.90 Å². The molecule has 0 aromatic heterocycles. The predicted molar refractivity (Wildman–Crippen MR) is 90.8 cm³/mol. The SMILES string of the molecule is CN1[C@@H]2CC[C@H]1CC(NC(=O)N1CC3(CC3)c3ccccc31)C2. The van der Waals surface area contributed by atoms with Crippen LogP contribution in [0.15, 0.2) is 24.3 Å². The van der Waals surface area contributed by atoms with Gasteiger partial charge in [-0.1, -0.05) is 18.2 Å². The molecule has 1 aliphatic carbocycles. The topological polar surface area (TPSA) is 35.6 Å². The van der Waals surface area contributed by atoms with Crippen molar-refractivity contribution in [2.24, 2.45) is 0 Å². The number of fused-ring (bicyclic) bond motifs is 4. The number of carbonyl (C=O) groups excluding carboxylic acids is 1. The number of anilines is 1. The van der Waals surface area contributed by atoms with E-state index in [4.69, 9.17) is 0 Å². The molecule has 1 saturated carbocycles. The van der Waals surface area contributed by atoms with Crippen molar-refractivity contribution in [3.63, 3.8) is 0 Å². The third-order valence-corrected chi connectivity index (χ3v) is 6.75. The zero-order valence-corrected chi connectivity index (χ0v) is 13.8. The number of urea groups is 1. The van der Waals surface area contributed by atoms with Gasteiger partial charge in [0.25, 0.3) is 0 Å². The number of hydrogen-bond acceptors (Lipinski definition) is 2. The highest BCUT2D eigenvalue weighted by Crippen LogP contribution is 2.56. The van der Waals surface area contributed by atoms with Crippen LogP contribution in [0.3, 0.4) is 0 Å². The smallest absolute Gasteiger partial charge is 0.322 e. The van der Waals surface area contributed by atoms with Crippen molar-refractivity contribution in [1.29, 1.82) is 0 Å². The Hall–Kier alpha value is -1.55. The van der Waals surface area contributed by atoms with Gasteiger partial charge in [-0.15, -0.1) is 0 Å². The Morgan fingerprint density at radius 1 is 1.17 bits per heavy atom. The first-order chi connectivity index (χ1) is 11.2. The van der Waals surface area contributed by atoms with Crippen LogP contribution in [0.4, 0.5) is 10.5 Å². The van der Waals surface area contributed by atoms with E-state index >= 15 is 0 Å². The third kappa shape index (κ3) is 2.04. The minimum Gasteiger partial charge on any atom is -0.335 e. The van der Waals surface area contributed by atoms with Crippen LogP contribution < -0.4 is 10.2 Å². The van der Waals surface area contributed by atoms with E-state index in [9.17, 15) is 4.79 Å². The number of nitrogens with zero attached hydrogens (tertiary/aromatic N) is 2. The molecule has 1 unspecified atom stereocenters. The van der Waals surface area contributed by atoms with Gasteiger partial charge < -0.3 is 10.2 Å². The van der Waals surface area contributed by atoms with E-state index in [0.29, 0.717) is 18.1 Å². The van der Waals surface area contributed by atoms with Gasteiger partial charge in [-0.3, -0.25) is 4.90 Å². The summed E-state index contributed by atoms with van der Waals surface area (Å²) in [4.78, 5) is 17.4. The molecule has 4 aliphatic rings. The molecule has 1 N–H and O–H groups in total. The summed E-state index contributed by atoms with van der Waals surface area (Å²) in [5, 5.41) is 3.35. The van der Waals surface area contributed by atoms with Crippen LogP contribution in [0.2, 0.25) is 0 Å². The molecule has 0 radical (unpaired) electrons. The number of hydrogen-bond donors (Lipinski definition) is 1. The minimum absolute atomic E-state index is 0.121. The molecule has 3 heterocycles. The molecule has 4 nitrogen and oxygen atoms in total. The average Bonchev–Trinajstić information content (AvgIpc) is 3.22. The van der Waals surface area contributed by atoms with Crippen LogP contribution >= 0.6 is 0 Å². The highest BCUT2D eigenvalue weighted by molar-refractivity contribution is 5.95. The lowest BCUT2D eigenvalue weighted by Gasteiger charge is -2.37. The zero-order chi connectivity index (χ0) is 15.6. The molecule has 3 fully saturated rings. The van der Waals surface area contributed by atoms with Crippen molar-refractivity contribution in [3.8, 4) is 0 Å². The molecule has 4 heteroatoms.